The number of halogens is 2. The monoisotopic (exact) mass is 518 g/mol. The summed E-state index contributed by atoms with van der Waals surface area (Å²) in [5, 5.41) is 0.928. The molecule has 0 aliphatic heterocycles. The number of nitrogens with zero attached hydrogens (tertiary/aromatic N) is 2. The van der Waals surface area contributed by atoms with Gasteiger partial charge in [0.1, 0.15) is 5.82 Å². The Morgan fingerprint density at radius 2 is 1.24 bits per heavy atom. The van der Waals surface area contributed by atoms with E-state index in [2.05, 4.69) is 57.2 Å². The van der Waals surface area contributed by atoms with Crippen LogP contribution in [0.5, 0.6) is 0 Å². The van der Waals surface area contributed by atoms with Crippen molar-refractivity contribution in [3.63, 3.8) is 0 Å². The van der Waals surface area contributed by atoms with E-state index in [1.54, 1.807) is 11.8 Å². The number of para-hydroxylation sites is 1. The third-order valence-corrected chi connectivity index (χ3v) is 6.65. The zero-order chi connectivity index (χ0) is 22.9. The summed E-state index contributed by atoms with van der Waals surface area (Å²) in [5.74, 6) is 0.573. The molecule has 0 atom stereocenters. The second-order valence-electron chi connectivity index (χ2n) is 7.61. The van der Waals surface area contributed by atoms with Crippen LogP contribution in [0.25, 0.3) is 0 Å². The minimum Gasteiger partial charge on any atom is -0.343 e. The maximum atomic E-state index is 13.5. The summed E-state index contributed by atoms with van der Waals surface area (Å²) >= 11 is 5.22. The van der Waals surface area contributed by atoms with E-state index in [0.29, 0.717) is 13.1 Å². The first-order valence-electron chi connectivity index (χ1n) is 10.7. The SMILES string of the molecule is Fc1ccc(CN(Cc2ccccc2)C(=Nc2ccccc2)SCc2ccc(Br)cc2)cc1. The second kappa shape index (κ2) is 11.8. The van der Waals surface area contributed by atoms with Crippen LogP contribution in [-0.2, 0) is 18.8 Å². The number of thioether (sulfide) groups is 1. The summed E-state index contributed by atoms with van der Waals surface area (Å²) in [4.78, 5) is 7.29. The van der Waals surface area contributed by atoms with Gasteiger partial charge < -0.3 is 4.90 Å². The largest absolute Gasteiger partial charge is 0.343 e. The van der Waals surface area contributed by atoms with E-state index in [4.69, 9.17) is 4.99 Å². The first-order valence-corrected chi connectivity index (χ1v) is 12.5. The van der Waals surface area contributed by atoms with Gasteiger partial charge in [0.15, 0.2) is 5.17 Å². The molecule has 4 aromatic rings. The topological polar surface area (TPSA) is 15.6 Å². The van der Waals surface area contributed by atoms with Gasteiger partial charge in [0.25, 0.3) is 0 Å². The molecule has 0 aliphatic carbocycles. The van der Waals surface area contributed by atoms with Gasteiger partial charge in [-0.15, -0.1) is 0 Å². The zero-order valence-corrected chi connectivity index (χ0v) is 20.5. The number of aliphatic imine (C=N–C) groups is 1. The van der Waals surface area contributed by atoms with E-state index in [-0.39, 0.29) is 5.82 Å². The molecular weight excluding hydrogens is 495 g/mol. The van der Waals surface area contributed by atoms with Crippen molar-refractivity contribution in [3.8, 4) is 0 Å². The van der Waals surface area contributed by atoms with Crippen LogP contribution in [0.15, 0.2) is 119 Å². The molecule has 0 fully saturated rings. The molecule has 4 aromatic carbocycles. The summed E-state index contributed by atoms with van der Waals surface area (Å²) in [6.07, 6.45) is 0. The molecule has 0 aliphatic rings. The Bertz CT molecular complexity index is 1160. The Balaban J connectivity index is 1.66. The average Bonchev–Trinajstić information content (AvgIpc) is 2.85. The van der Waals surface area contributed by atoms with Crippen molar-refractivity contribution in [1.29, 1.82) is 0 Å². The van der Waals surface area contributed by atoms with Crippen LogP contribution in [0.1, 0.15) is 16.7 Å². The van der Waals surface area contributed by atoms with Crippen LogP contribution in [0.3, 0.4) is 0 Å². The molecule has 0 saturated heterocycles. The van der Waals surface area contributed by atoms with Gasteiger partial charge in [0, 0.05) is 23.3 Å². The van der Waals surface area contributed by atoms with Crippen molar-refractivity contribution in [2.45, 2.75) is 18.8 Å². The molecule has 5 heteroatoms. The van der Waals surface area contributed by atoms with Gasteiger partial charge in [-0.2, -0.15) is 0 Å². The standard InChI is InChI=1S/C28H24BrFN2S/c29-25-15-11-24(12-16-25)21-33-28(31-27-9-5-2-6-10-27)32(19-22-7-3-1-4-8-22)20-23-13-17-26(30)18-14-23/h1-18H,19-21H2. The number of hydrogen-bond donors (Lipinski definition) is 0. The first-order chi connectivity index (χ1) is 16.2. The van der Waals surface area contributed by atoms with Crippen molar-refractivity contribution in [2.24, 2.45) is 4.99 Å². The van der Waals surface area contributed by atoms with Crippen molar-refractivity contribution < 1.29 is 4.39 Å². The molecule has 0 spiro atoms. The summed E-state index contributed by atoms with van der Waals surface area (Å²) in [6, 6.07) is 35.5. The third kappa shape index (κ3) is 7.31. The zero-order valence-electron chi connectivity index (χ0n) is 18.1. The average molecular weight is 519 g/mol. The highest BCUT2D eigenvalue weighted by atomic mass is 79.9. The maximum Gasteiger partial charge on any atom is 0.165 e. The Morgan fingerprint density at radius 1 is 0.697 bits per heavy atom. The highest BCUT2D eigenvalue weighted by Crippen LogP contribution is 2.25. The number of benzene rings is 4. The van der Waals surface area contributed by atoms with E-state index in [1.165, 1.54) is 23.3 Å². The molecule has 0 amide bonds. The summed E-state index contributed by atoms with van der Waals surface area (Å²) in [6.45, 7) is 1.34. The van der Waals surface area contributed by atoms with Crippen LogP contribution in [0, 0.1) is 5.82 Å². The van der Waals surface area contributed by atoms with E-state index in [0.717, 1.165) is 26.6 Å². The van der Waals surface area contributed by atoms with E-state index < -0.39 is 0 Å². The second-order valence-corrected chi connectivity index (χ2v) is 9.47. The maximum absolute atomic E-state index is 13.5. The van der Waals surface area contributed by atoms with Gasteiger partial charge >= 0.3 is 0 Å². The summed E-state index contributed by atoms with van der Waals surface area (Å²) in [7, 11) is 0. The summed E-state index contributed by atoms with van der Waals surface area (Å²) < 4.78 is 14.6. The molecule has 0 N–H and O–H groups in total. The lowest BCUT2D eigenvalue weighted by Gasteiger charge is -2.26. The van der Waals surface area contributed by atoms with Crippen molar-refractivity contribution in [3.05, 3.63) is 136 Å². The van der Waals surface area contributed by atoms with E-state index >= 15 is 0 Å². The lowest BCUT2D eigenvalue weighted by Crippen LogP contribution is -2.28. The highest BCUT2D eigenvalue weighted by molar-refractivity contribution is 9.10. The smallest absolute Gasteiger partial charge is 0.165 e. The van der Waals surface area contributed by atoms with E-state index in [9.17, 15) is 4.39 Å². The fraction of sp³-hybridized carbons (Fsp3) is 0.107. The fourth-order valence-corrected chi connectivity index (χ4v) is 4.58. The predicted octanol–water partition coefficient (Wildman–Crippen LogP) is 8.21. The quantitative estimate of drug-likeness (QED) is 0.181. The lowest BCUT2D eigenvalue weighted by molar-refractivity contribution is 0.414. The predicted molar refractivity (Wildman–Crippen MR) is 141 cm³/mol. The lowest BCUT2D eigenvalue weighted by atomic mass is 10.2. The van der Waals surface area contributed by atoms with Gasteiger partial charge in [-0.05, 0) is 53.1 Å². The Kier molecular flexibility index (Phi) is 8.34. The highest BCUT2D eigenvalue weighted by Gasteiger charge is 2.15. The van der Waals surface area contributed by atoms with Crippen LogP contribution in [-0.4, -0.2) is 10.1 Å². The van der Waals surface area contributed by atoms with Gasteiger partial charge in [-0.3, -0.25) is 0 Å². The molecule has 0 saturated carbocycles. The van der Waals surface area contributed by atoms with Crippen molar-refractivity contribution >= 4 is 38.5 Å². The number of hydrogen-bond acceptors (Lipinski definition) is 2. The third-order valence-electron chi connectivity index (χ3n) is 5.04. The normalized spacial score (nSPS) is 11.4. The minimum absolute atomic E-state index is 0.226. The van der Waals surface area contributed by atoms with Crippen LogP contribution in [0.4, 0.5) is 10.1 Å². The molecule has 4 rings (SSSR count). The van der Waals surface area contributed by atoms with Crippen LogP contribution < -0.4 is 0 Å². The molecule has 0 bridgehead atoms. The Labute approximate surface area is 207 Å². The van der Waals surface area contributed by atoms with Crippen LogP contribution in [0.2, 0.25) is 0 Å². The fourth-order valence-electron chi connectivity index (χ4n) is 3.34. The van der Waals surface area contributed by atoms with Crippen molar-refractivity contribution in [2.75, 3.05) is 0 Å². The van der Waals surface area contributed by atoms with Gasteiger partial charge in [0.05, 0.1) is 5.69 Å². The molecular formula is C28H24BrFN2S. The van der Waals surface area contributed by atoms with Crippen molar-refractivity contribution in [1.82, 2.24) is 4.90 Å². The molecule has 2 nitrogen and oxygen atoms in total. The molecule has 166 valence electrons. The Morgan fingerprint density at radius 3 is 1.88 bits per heavy atom. The number of rotatable bonds is 7. The summed E-state index contributed by atoms with van der Waals surface area (Å²) in [5.41, 5.74) is 4.38. The molecule has 0 radical (unpaired) electrons. The van der Waals surface area contributed by atoms with Gasteiger partial charge in [-0.25, -0.2) is 9.38 Å². The minimum atomic E-state index is -0.226. The number of amidine groups is 1. The molecule has 33 heavy (non-hydrogen) atoms. The van der Waals surface area contributed by atoms with E-state index in [1.807, 2.05) is 60.7 Å². The van der Waals surface area contributed by atoms with Gasteiger partial charge in [0.2, 0.25) is 0 Å². The Hall–Kier alpha value is -2.89. The van der Waals surface area contributed by atoms with Crippen LogP contribution >= 0.6 is 27.7 Å². The molecule has 0 unspecified atom stereocenters. The molecule has 0 heterocycles. The first kappa shape index (κ1) is 23.3. The van der Waals surface area contributed by atoms with Gasteiger partial charge in [-0.1, -0.05) is 100 Å². The molecule has 0 aromatic heterocycles.